The van der Waals surface area contributed by atoms with Crippen molar-refractivity contribution in [1.29, 1.82) is 0 Å². The van der Waals surface area contributed by atoms with Crippen LogP contribution in [0.15, 0.2) is 39.9 Å². The average Bonchev–Trinajstić information content (AvgIpc) is 2.61. The van der Waals surface area contributed by atoms with Crippen LogP contribution < -0.4 is 15.6 Å². The van der Waals surface area contributed by atoms with Crippen LogP contribution in [0.4, 0.5) is 10.3 Å². The molecule has 0 unspecified atom stereocenters. The molecule has 3 rings (SSSR count). The van der Waals surface area contributed by atoms with Crippen molar-refractivity contribution < 1.29 is 13.9 Å². The van der Waals surface area contributed by atoms with Crippen molar-refractivity contribution in [1.82, 2.24) is 19.7 Å². The van der Waals surface area contributed by atoms with Gasteiger partial charge in [-0.15, -0.1) is 5.10 Å². The number of nitrogens with one attached hydrogen (secondary N) is 1. The van der Waals surface area contributed by atoms with Gasteiger partial charge in [-0.1, -0.05) is 15.9 Å². The van der Waals surface area contributed by atoms with Gasteiger partial charge < -0.3 is 4.74 Å². The van der Waals surface area contributed by atoms with Gasteiger partial charge in [0.05, 0.1) is 29.8 Å². The van der Waals surface area contributed by atoms with Gasteiger partial charge in [0.1, 0.15) is 6.54 Å². The molecule has 0 atom stereocenters. The Morgan fingerprint density at radius 3 is 2.73 bits per heavy atom. The van der Waals surface area contributed by atoms with Crippen LogP contribution in [0.2, 0.25) is 0 Å². The molecule has 10 heteroatoms. The van der Waals surface area contributed by atoms with Gasteiger partial charge in [-0.05, 0) is 25.1 Å². The fourth-order valence-electron chi connectivity index (χ4n) is 2.26. The minimum absolute atomic E-state index is 0.0702. The van der Waals surface area contributed by atoms with Crippen LogP contribution in [0.5, 0.6) is 5.88 Å². The molecule has 0 spiro atoms. The van der Waals surface area contributed by atoms with Gasteiger partial charge in [0, 0.05) is 4.47 Å². The zero-order valence-electron chi connectivity index (χ0n) is 13.6. The van der Waals surface area contributed by atoms with E-state index in [1.54, 1.807) is 25.1 Å². The Morgan fingerprint density at radius 1 is 1.31 bits per heavy atom. The van der Waals surface area contributed by atoms with Crippen molar-refractivity contribution >= 4 is 38.6 Å². The fourth-order valence-corrected chi connectivity index (χ4v) is 2.62. The van der Waals surface area contributed by atoms with Gasteiger partial charge in [0.25, 0.3) is 5.56 Å². The fraction of sp³-hybridized carbons (Fsp3) is 0.188. The summed E-state index contributed by atoms with van der Waals surface area (Å²) in [6.45, 7) is 1.77. The van der Waals surface area contributed by atoms with E-state index in [0.29, 0.717) is 17.4 Å². The lowest BCUT2D eigenvalue weighted by molar-refractivity contribution is -0.117. The molecule has 0 saturated carbocycles. The number of hydrogen-bond donors (Lipinski definition) is 1. The number of benzene rings is 1. The number of rotatable bonds is 5. The summed E-state index contributed by atoms with van der Waals surface area (Å²) in [6, 6.07) is 5.07. The van der Waals surface area contributed by atoms with Crippen molar-refractivity contribution in [2.24, 2.45) is 0 Å². The molecule has 1 aromatic carbocycles. The number of carbonyl (C=O) groups is 1. The van der Waals surface area contributed by atoms with Crippen LogP contribution in [0, 0.1) is 5.82 Å². The number of anilines is 1. The number of aromatic nitrogens is 4. The molecule has 0 saturated heterocycles. The van der Waals surface area contributed by atoms with Crippen LogP contribution in [0.25, 0.3) is 10.8 Å². The van der Waals surface area contributed by atoms with Crippen LogP contribution in [-0.2, 0) is 11.3 Å². The van der Waals surface area contributed by atoms with Crippen molar-refractivity contribution in [2.75, 3.05) is 11.9 Å². The van der Waals surface area contributed by atoms with Crippen molar-refractivity contribution in [3.8, 4) is 5.88 Å². The van der Waals surface area contributed by atoms with Gasteiger partial charge >= 0.3 is 0 Å². The predicted octanol–water partition coefficient (Wildman–Crippen LogP) is 2.13. The first-order chi connectivity index (χ1) is 12.5. The highest BCUT2D eigenvalue weighted by Gasteiger charge is 2.15. The maximum absolute atomic E-state index is 12.8. The molecular formula is C16H13BrFN5O3. The second kappa shape index (κ2) is 7.56. The first kappa shape index (κ1) is 17.9. The quantitative estimate of drug-likeness (QED) is 0.677. The highest BCUT2D eigenvalue weighted by Crippen LogP contribution is 2.24. The molecule has 1 N–H and O–H groups in total. The normalized spacial score (nSPS) is 10.7. The molecule has 0 fully saturated rings. The summed E-state index contributed by atoms with van der Waals surface area (Å²) in [6.07, 6.45) is 1.85. The van der Waals surface area contributed by atoms with E-state index in [4.69, 9.17) is 4.74 Å². The van der Waals surface area contributed by atoms with Crippen LogP contribution in [-0.4, -0.2) is 32.3 Å². The molecule has 0 aliphatic carbocycles. The molecule has 2 heterocycles. The zero-order valence-corrected chi connectivity index (χ0v) is 15.2. The van der Waals surface area contributed by atoms with E-state index >= 15 is 0 Å². The molecular weight excluding hydrogens is 409 g/mol. The summed E-state index contributed by atoms with van der Waals surface area (Å²) >= 11 is 3.35. The Labute approximate surface area is 155 Å². The van der Waals surface area contributed by atoms with E-state index in [2.05, 4.69) is 36.3 Å². The van der Waals surface area contributed by atoms with Crippen LogP contribution >= 0.6 is 15.9 Å². The summed E-state index contributed by atoms with van der Waals surface area (Å²) in [5.41, 5.74) is -0.439. The topological polar surface area (TPSA) is 99.0 Å². The van der Waals surface area contributed by atoms with Crippen molar-refractivity contribution in [3.05, 3.63) is 51.2 Å². The first-order valence-corrected chi connectivity index (χ1v) is 8.38. The monoisotopic (exact) mass is 421 g/mol. The van der Waals surface area contributed by atoms with E-state index in [1.807, 2.05) is 0 Å². The van der Waals surface area contributed by atoms with E-state index in [9.17, 15) is 14.0 Å². The smallest absolute Gasteiger partial charge is 0.275 e. The van der Waals surface area contributed by atoms with E-state index in [-0.39, 0.29) is 18.4 Å². The number of hydrogen-bond acceptors (Lipinski definition) is 6. The van der Waals surface area contributed by atoms with E-state index in [1.165, 1.54) is 0 Å². The highest BCUT2D eigenvalue weighted by atomic mass is 79.9. The standard InChI is InChI=1S/C16H13BrFN5O3/c1-2-26-14-12-5-9(17)3-4-11(12)15(25)23(22-14)8-13(24)21-16-19-6-10(18)7-20-16/h3-7H,2,8H2,1H3,(H,19,20,21,24). The molecule has 2 aromatic heterocycles. The van der Waals surface area contributed by atoms with Gasteiger partial charge in [-0.25, -0.2) is 19.0 Å². The Morgan fingerprint density at radius 2 is 2.04 bits per heavy atom. The molecule has 134 valence electrons. The lowest BCUT2D eigenvalue weighted by Gasteiger charge is -2.11. The summed E-state index contributed by atoms with van der Waals surface area (Å²) in [4.78, 5) is 32.0. The van der Waals surface area contributed by atoms with E-state index in [0.717, 1.165) is 21.5 Å². The minimum Gasteiger partial charge on any atom is -0.477 e. The van der Waals surface area contributed by atoms with E-state index < -0.39 is 17.3 Å². The second-order valence-corrected chi connectivity index (χ2v) is 6.08. The SMILES string of the molecule is CCOc1nn(CC(=O)Nc2ncc(F)cn2)c(=O)c2ccc(Br)cc12. The first-order valence-electron chi connectivity index (χ1n) is 7.58. The van der Waals surface area contributed by atoms with Crippen LogP contribution in [0.1, 0.15) is 6.92 Å². The maximum atomic E-state index is 12.8. The highest BCUT2D eigenvalue weighted by molar-refractivity contribution is 9.10. The van der Waals surface area contributed by atoms with Gasteiger partial charge in [0.2, 0.25) is 17.7 Å². The van der Waals surface area contributed by atoms with Crippen LogP contribution in [0.3, 0.4) is 0 Å². The molecule has 3 aromatic rings. The Bertz CT molecular complexity index is 1020. The third kappa shape index (κ3) is 3.85. The van der Waals surface area contributed by atoms with Gasteiger partial charge in [0.15, 0.2) is 5.82 Å². The molecule has 8 nitrogen and oxygen atoms in total. The average molecular weight is 422 g/mol. The summed E-state index contributed by atoms with van der Waals surface area (Å²) in [5.74, 6) is -1.03. The lowest BCUT2D eigenvalue weighted by atomic mass is 10.2. The predicted molar refractivity (Wildman–Crippen MR) is 95.5 cm³/mol. The molecule has 0 radical (unpaired) electrons. The molecule has 1 amide bonds. The molecule has 0 aliphatic rings. The Hall–Kier alpha value is -2.88. The number of amides is 1. The maximum Gasteiger partial charge on any atom is 0.275 e. The number of nitrogens with zero attached hydrogens (tertiary/aromatic N) is 4. The number of fused-ring (bicyclic) bond motifs is 1. The van der Waals surface area contributed by atoms with Crippen molar-refractivity contribution in [3.63, 3.8) is 0 Å². The second-order valence-electron chi connectivity index (χ2n) is 5.16. The molecule has 26 heavy (non-hydrogen) atoms. The molecule has 0 bridgehead atoms. The third-order valence-electron chi connectivity index (χ3n) is 3.33. The Kier molecular flexibility index (Phi) is 5.21. The van der Waals surface area contributed by atoms with Gasteiger partial charge in [-0.3, -0.25) is 14.9 Å². The molecule has 0 aliphatic heterocycles. The summed E-state index contributed by atoms with van der Waals surface area (Å²) in [5, 5.41) is 7.42. The number of ether oxygens (including phenoxy) is 1. The Balaban J connectivity index is 1.93. The third-order valence-corrected chi connectivity index (χ3v) is 3.83. The number of halogens is 2. The van der Waals surface area contributed by atoms with Crippen molar-refractivity contribution in [2.45, 2.75) is 13.5 Å². The van der Waals surface area contributed by atoms with Gasteiger partial charge in [-0.2, -0.15) is 0 Å². The largest absolute Gasteiger partial charge is 0.477 e. The summed E-state index contributed by atoms with van der Waals surface area (Å²) in [7, 11) is 0. The number of carbonyl (C=O) groups excluding carboxylic acids is 1. The minimum atomic E-state index is -0.622. The summed E-state index contributed by atoms with van der Waals surface area (Å²) < 4.78 is 20.1. The lowest BCUT2D eigenvalue weighted by Crippen LogP contribution is -2.30. The zero-order chi connectivity index (χ0) is 18.7.